The van der Waals surface area contributed by atoms with Gasteiger partial charge in [0.1, 0.15) is 0 Å². The second-order valence-electron chi connectivity index (χ2n) is 5.39. The zero-order valence-electron chi connectivity index (χ0n) is 14.0. The third-order valence-corrected chi connectivity index (χ3v) is 4.21. The van der Waals surface area contributed by atoms with Crippen LogP contribution in [0, 0.1) is 13.7 Å². The van der Waals surface area contributed by atoms with E-state index in [-0.39, 0.29) is 5.69 Å². The van der Waals surface area contributed by atoms with E-state index in [4.69, 9.17) is 0 Å². The summed E-state index contributed by atoms with van der Waals surface area (Å²) < 4.78 is 1.13. The highest BCUT2D eigenvalue weighted by Gasteiger charge is 2.05. The van der Waals surface area contributed by atoms with Gasteiger partial charge in [0, 0.05) is 21.3 Å². The molecule has 0 aromatic heterocycles. The van der Waals surface area contributed by atoms with Crippen LogP contribution in [0.15, 0.2) is 94.2 Å². The molecule has 0 aliphatic rings. The van der Waals surface area contributed by atoms with Gasteiger partial charge in [-0.1, -0.05) is 30.3 Å². The molecule has 0 heterocycles. The number of amidine groups is 1. The molecule has 1 N–H and O–H groups in total. The van der Waals surface area contributed by atoms with Gasteiger partial charge in [-0.3, -0.25) is 15.5 Å². The second-order valence-corrected chi connectivity index (χ2v) is 6.64. The first kappa shape index (κ1) is 18.6. The van der Waals surface area contributed by atoms with Crippen molar-refractivity contribution in [3.8, 4) is 0 Å². The van der Waals surface area contributed by atoms with Crippen molar-refractivity contribution in [3.63, 3.8) is 0 Å². The molecule has 7 nitrogen and oxygen atoms in total. The molecule has 3 aromatic carbocycles. The summed E-state index contributed by atoms with van der Waals surface area (Å²) in [5.41, 5.74) is 5.10. The lowest BCUT2D eigenvalue weighted by atomic mass is 10.2. The van der Waals surface area contributed by atoms with Crippen molar-refractivity contribution in [1.29, 1.82) is 0 Å². The number of non-ortho nitro benzene ring substituents is 1. The Bertz CT molecular complexity index is 971. The van der Waals surface area contributed by atoms with Crippen molar-refractivity contribution in [2.75, 3.05) is 5.43 Å². The number of anilines is 1. The fourth-order valence-corrected chi connectivity index (χ4v) is 2.48. The molecule has 0 radical (unpaired) electrons. The molecule has 3 rings (SSSR count). The Morgan fingerprint density at radius 3 is 2.22 bits per heavy atom. The van der Waals surface area contributed by atoms with Gasteiger partial charge in [0.05, 0.1) is 16.3 Å². The number of hydrazone groups is 1. The first-order valence-electron chi connectivity index (χ1n) is 7.93. The van der Waals surface area contributed by atoms with Crippen molar-refractivity contribution in [2.24, 2.45) is 15.3 Å². The Morgan fingerprint density at radius 1 is 0.926 bits per heavy atom. The molecule has 0 aliphatic carbocycles. The van der Waals surface area contributed by atoms with Crippen LogP contribution in [0.1, 0.15) is 5.56 Å². The number of hydrogen-bond donors (Lipinski definition) is 1. The first-order chi connectivity index (χ1) is 13.1. The zero-order valence-corrected chi connectivity index (χ0v) is 16.1. The highest BCUT2D eigenvalue weighted by Crippen LogP contribution is 2.19. The van der Waals surface area contributed by atoms with Gasteiger partial charge in [0.25, 0.3) is 5.69 Å². The van der Waals surface area contributed by atoms with Crippen LogP contribution < -0.4 is 5.43 Å². The van der Waals surface area contributed by atoms with Gasteiger partial charge in [-0.15, -0.1) is 10.2 Å². The number of nitrogens with one attached hydrogen (secondary N) is 1. The van der Waals surface area contributed by atoms with Crippen LogP contribution >= 0.6 is 22.6 Å². The van der Waals surface area contributed by atoms with E-state index in [1.54, 1.807) is 0 Å². The lowest BCUT2D eigenvalue weighted by Crippen LogP contribution is -2.01. The maximum absolute atomic E-state index is 10.7. The van der Waals surface area contributed by atoms with Gasteiger partial charge in [0.15, 0.2) is 0 Å². The van der Waals surface area contributed by atoms with E-state index in [1.807, 2.05) is 54.6 Å². The Morgan fingerprint density at radius 2 is 1.59 bits per heavy atom. The number of hydrogen-bond acceptors (Lipinski definition) is 5. The van der Waals surface area contributed by atoms with Gasteiger partial charge < -0.3 is 0 Å². The fourth-order valence-electron chi connectivity index (χ4n) is 2.12. The summed E-state index contributed by atoms with van der Waals surface area (Å²) in [7, 11) is 0. The van der Waals surface area contributed by atoms with Crippen molar-refractivity contribution in [2.45, 2.75) is 0 Å². The molecule has 0 aliphatic heterocycles. The minimum atomic E-state index is -0.456. The van der Waals surface area contributed by atoms with Gasteiger partial charge in [-0.25, -0.2) is 0 Å². The predicted octanol–water partition coefficient (Wildman–Crippen LogP) is 5.76. The molecule has 0 spiro atoms. The summed E-state index contributed by atoms with van der Waals surface area (Å²) in [6.07, 6.45) is 0. The molecule has 8 heteroatoms. The number of halogens is 1. The van der Waals surface area contributed by atoms with E-state index < -0.39 is 4.92 Å². The zero-order chi connectivity index (χ0) is 19.1. The quantitative estimate of drug-likeness (QED) is 0.128. The van der Waals surface area contributed by atoms with Crippen LogP contribution in [0.4, 0.5) is 17.1 Å². The minimum Gasteiger partial charge on any atom is -0.276 e. The maximum Gasteiger partial charge on any atom is 0.269 e. The van der Waals surface area contributed by atoms with Crippen molar-refractivity contribution in [3.05, 3.63) is 98.1 Å². The van der Waals surface area contributed by atoms with Gasteiger partial charge in [-0.05, 0) is 59.0 Å². The lowest BCUT2D eigenvalue weighted by Gasteiger charge is -2.03. The summed E-state index contributed by atoms with van der Waals surface area (Å²) in [6, 6.07) is 23.1. The summed E-state index contributed by atoms with van der Waals surface area (Å²) >= 11 is 2.23. The van der Waals surface area contributed by atoms with E-state index in [1.165, 1.54) is 24.3 Å². The Kier molecular flexibility index (Phi) is 6.21. The molecule has 0 atom stereocenters. The SMILES string of the molecule is O=[N+]([O-])c1ccc(N=NC(=NNc2ccc(I)cc2)c2ccccc2)cc1. The minimum absolute atomic E-state index is 0.00581. The monoisotopic (exact) mass is 471 g/mol. The largest absolute Gasteiger partial charge is 0.276 e. The van der Waals surface area contributed by atoms with Gasteiger partial charge >= 0.3 is 0 Å². The number of azo groups is 1. The summed E-state index contributed by atoms with van der Waals surface area (Å²) in [5, 5.41) is 23.4. The molecule has 0 saturated carbocycles. The van der Waals surface area contributed by atoms with E-state index in [9.17, 15) is 10.1 Å². The maximum atomic E-state index is 10.7. The van der Waals surface area contributed by atoms with Crippen LogP contribution in [0.2, 0.25) is 0 Å². The van der Waals surface area contributed by atoms with Gasteiger partial charge in [-0.2, -0.15) is 5.10 Å². The van der Waals surface area contributed by atoms with Crippen LogP contribution in [0.3, 0.4) is 0 Å². The summed E-state index contributed by atoms with van der Waals surface area (Å²) in [5.74, 6) is 0.396. The summed E-state index contributed by atoms with van der Waals surface area (Å²) in [4.78, 5) is 10.3. The molecule has 0 fully saturated rings. The number of nitro benzene ring substituents is 1. The molecular formula is C19H14IN5O2. The van der Waals surface area contributed by atoms with Crippen LogP contribution in [0.25, 0.3) is 0 Å². The highest BCUT2D eigenvalue weighted by atomic mass is 127. The third-order valence-electron chi connectivity index (χ3n) is 3.49. The Balaban J connectivity index is 1.84. The average molecular weight is 471 g/mol. The smallest absolute Gasteiger partial charge is 0.269 e. The molecule has 134 valence electrons. The Labute approximate surface area is 169 Å². The van der Waals surface area contributed by atoms with E-state index in [0.717, 1.165) is 14.8 Å². The lowest BCUT2D eigenvalue weighted by molar-refractivity contribution is -0.384. The molecule has 0 bridgehead atoms. The third kappa shape index (κ3) is 5.42. The van der Waals surface area contributed by atoms with Crippen LogP contribution in [-0.4, -0.2) is 10.8 Å². The van der Waals surface area contributed by atoms with Gasteiger partial charge in [0.2, 0.25) is 5.84 Å². The standard InChI is InChI=1S/C19H14IN5O2/c20-15-6-8-16(9-7-15)21-23-19(14-4-2-1-3-5-14)24-22-17-10-12-18(13-11-17)25(26)27/h1-13,21H. The number of nitrogens with zero attached hydrogens (tertiary/aromatic N) is 4. The van der Waals surface area contributed by atoms with Crippen molar-refractivity contribution >= 4 is 45.5 Å². The second kappa shape index (κ2) is 8.99. The molecule has 3 aromatic rings. The van der Waals surface area contributed by atoms with Crippen LogP contribution in [-0.2, 0) is 0 Å². The normalized spacial score (nSPS) is 11.5. The molecule has 0 amide bonds. The molecule has 0 unspecified atom stereocenters. The summed E-state index contributed by atoms with van der Waals surface area (Å²) in [6.45, 7) is 0. The predicted molar refractivity (Wildman–Crippen MR) is 113 cm³/mol. The molecule has 0 saturated heterocycles. The van der Waals surface area contributed by atoms with Crippen molar-refractivity contribution in [1.82, 2.24) is 0 Å². The molecule has 27 heavy (non-hydrogen) atoms. The van der Waals surface area contributed by atoms with E-state index in [0.29, 0.717) is 11.5 Å². The Hall–Kier alpha value is -3.14. The van der Waals surface area contributed by atoms with E-state index >= 15 is 0 Å². The van der Waals surface area contributed by atoms with E-state index in [2.05, 4.69) is 43.3 Å². The topological polar surface area (TPSA) is 92.2 Å². The van der Waals surface area contributed by atoms with Crippen molar-refractivity contribution < 1.29 is 4.92 Å². The highest BCUT2D eigenvalue weighted by molar-refractivity contribution is 14.1. The number of nitro groups is 1. The number of benzene rings is 3. The fraction of sp³-hybridized carbons (Fsp3) is 0. The number of rotatable bonds is 5. The average Bonchev–Trinajstić information content (AvgIpc) is 2.70. The first-order valence-corrected chi connectivity index (χ1v) is 9.00. The van der Waals surface area contributed by atoms with Crippen LogP contribution in [0.5, 0.6) is 0 Å². The molecular weight excluding hydrogens is 457 g/mol.